The third-order valence-corrected chi connectivity index (χ3v) is 3.79. The Labute approximate surface area is 126 Å². The number of nitrogens with one attached hydrogen (secondary N) is 1. The van der Waals surface area contributed by atoms with Gasteiger partial charge in [0.2, 0.25) is 15.9 Å². The van der Waals surface area contributed by atoms with Crippen molar-refractivity contribution in [1.29, 1.82) is 0 Å². The molecule has 7 nitrogen and oxygen atoms in total. The van der Waals surface area contributed by atoms with E-state index in [4.69, 9.17) is 5.11 Å². The molecule has 0 aromatic rings. The Morgan fingerprint density at radius 3 is 2.10 bits per heavy atom. The normalized spacial score (nSPS) is 14.8. The molecule has 2 atom stereocenters. The van der Waals surface area contributed by atoms with Crippen LogP contribution in [0, 0.1) is 5.92 Å². The maximum Gasteiger partial charge on any atom is 0.323 e. The fourth-order valence-corrected chi connectivity index (χ4v) is 2.66. The third-order valence-electron chi connectivity index (χ3n) is 3.07. The van der Waals surface area contributed by atoms with Gasteiger partial charge in [-0.2, -0.15) is 0 Å². The van der Waals surface area contributed by atoms with E-state index in [-0.39, 0.29) is 12.0 Å². The molecule has 0 radical (unpaired) electrons. The van der Waals surface area contributed by atoms with Gasteiger partial charge in [0, 0.05) is 6.04 Å². The highest BCUT2D eigenvalue weighted by atomic mass is 32.2. The van der Waals surface area contributed by atoms with Gasteiger partial charge in [-0.1, -0.05) is 20.8 Å². The molecule has 0 heterocycles. The van der Waals surface area contributed by atoms with Gasteiger partial charge in [-0.3, -0.25) is 9.59 Å². The van der Waals surface area contributed by atoms with Crippen molar-refractivity contribution in [3.63, 3.8) is 0 Å². The van der Waals surface area contributed by atoms with Gasteiger partial charge in [0.05, 0.1) is 6.26 Å². The van der Waals surface area contributed by atoms with E-state index in [9.17, 15) is 18.0 Å². The largest absolute Gasteiger partial charge is 0.480 e. The summed E-state index contributed by atoms with van der Waals surface area (Å²) in [5, 5.41) is 8.94. The second-order valence-electron chi connectivity index (χ2n) is 5.69. The van der Waals surface area contributed by atoms with Crippen LogP contribution in [0.1, 0.15) is 40.5 Å². The molecule has 0 saturated carbocycles. The molecule has 0 rings (SSSR count). The number of carboxylic acid groups (broad SMARTS) is 1. The maximum absolute atomic E-state index is 12.5. The molecule has 0 aliphatic heterocycles. The Balaban J connectivity index is 5.31. The molecule has 0 aliphatic carbocycles. The second-order valence-corrected chi connectivity index (χ2v) is 7.47. The van der Waals surface area contributed by atoms with Crippen molar-refractivity contribution >= 4 is 21.9 Å². The molecule has 2 N–H and O–H groups in total. The van der Waals surface area contributed by atoms with Crippen molar-refractivity contribution < 1.29 is 23.1 Å². The first kappa shape index (κ1) is 19.9. The molecule has 0 aliphatic rings. The van der Waals surface area contributed by atoms with E-state index in [2.05, 4.69) is 4.72 Å². The smallest absolute Gasteiger partial charge is 0.323 e. The van der Waals surface area contributed by atoms with Gasteiger partial charge < -0.3 is 10.0 Å². The molecule has 1 amide bonds. The van der Waals surface area contributed by atoms with Crippen molar-refractivity contribution in [2.45, 2.75) is 52.6 Å². The van der Waals surface area contributed by atoms with Crippen molar-refractivity contribution in [3.05, 3.63) is 0 Å². The highest BCUT2D eigenvalue weighted by molar-refractivity contribution is 7.88. The molecule has 8 heteroatoms. The molecule has 0 saturated heterocycles. The molecular formula is C13H26N2O5S. The lowest BCUT2D eigenvalue weighted by Crippen LogP contribution is -2.52. The van der Waals surface area contributed by atoms with Gasteiger partial charge in [-0.15, -0.1) is 0 Å². The Bertz CT molecular complexity index is 461. The average molecular weight is 322 g/mol. The number of nitrogens with zero attached hydrogens (tertiary/aromatic N) is 1. The minimum Gasteiger partial charge on any atom is -0.480 e. The summed E-state index contributed by atoms with van der Waals surface area (Å²) in [5.41, 5.74) is 0. The highest BCUT2D eigenvalue weighted by Gasteiger charge is 2.30. The summed E-state index contributed by atoms with van der Waals surface area (Å²) in [6, 6.07) is -1.21. The quantitative estimate of drug-likeness (QED) is 0.649. The predicted octanol–water partition coefficient (Wildman–Crippen LogP) is 0.662. The van der Waals surface area contributed by atoms with Crippen LogP contribution in [0.4, 0.5) is 0 Å². The van der Waals surface area contributed by atoms with Crippen LogP contribution in [-0.4, -0.2) is 55.2 Å². The van der Waals surface area contributed by atoms with E-state index in [1.807, 2.05) is 20.8 Å². The van der Waals surface area contributed by atoms with Gasteiger partial charge in [-0.05, 0) is 25.7 Å². The second kappa shape index (κ2) is 8.33. The van der Waals surface area contributed by atoms with E-state index in [1.54, 1.807) is 6.92 Å². The number of amides is 1. The van der Waals surface area contributed by atoms with Crippen LogP contribution >= 0.6 is 0 Å². The molecule has 0 aromatic carbocycles. The minimum absolute atomic E-state index is 0.0943. The fraction of sp³-hybridized carbons (Fsp3) is 0.846. The number of carbonyl (C=O) groups excluding carboxylic acids is 1. The molecule has 124 valence electrons. The van der Waals surface area contributed by atoms with E-state index >= 15 is 0 Å². The van der Waals surface area contributed by atoms with Crippen molar-refractivity contribution in [2.75, 3.05) is 12.8 Å². The number of hydrogen-bond acceptors (Lipinski definition) is 4. The van der Waals surface area contributed by atoms with Crippen molar-refractivity contribution in [1.82, 2.24) is 9.62 Å². The van der Waals surface area contributed by atoms with Crippen LogP contribution < -0.4 is 4.72 Å². The lowest BCUT2D eigenvalue weighted by molar-refractivity contribution is -0.147. The Hall–Kier alpha value is -1.15. The topological polar surface area (TPSA) is 104 Å². The average Bonchev–Trinajstić information content (AvgIpc) is 2.30. The van der Waals surface area contributed by atoms with E-state index in [0.717, 1.165) is 6.26 Å². The van der Waals surface area contributed by atoms with Gasteiger partial charge in [-0.25, -0.2) is 13.1 Å². The SMILES string of the molecule is CCC(C)N(CC(=O)O)C(=O)C(CC(C)C)NS(C)(=O)=O. The number of carbonyl (C=O) groups is 2. The molecule has 21 heavy (non-hydrogen) atoms. The van der Waals surface area contributed by atoms with Crippen LogP contribution in [0.15, 0.2) is 0 Å². The lowest BCUT2D eigenvalue weighted by atomic mass is 10.0. The first-order valence-corrected chi connectivity index (χ1v) is 8.86. The van der Waals surface area contributed by atoms with E-state index < -0.39 is 34.5 Å². The summed E-state index contributed by atoms with van der Waals surface area (Å²) in [7, 11) is -3.55. The van der Waals surface area contributed by atoms with E-state index in [1.165, 1.54) is 4.90 Å². The van der Waals surface area contributed by atoms with Crippen LogP contribution in [0.3, 0.4) is 0 Å². The molecule has 0 aromatic heterocycles. The molecule has 2 unspecified atom stereocenters. The first-order valence-electron chi connectivity index (χ1n) is 6.97. The molecular weight excluding hydrogens is 296 g/mol. The summed E-state index contributed by atoms with van der Waals surface area (Å²) >= 11 is 0. The standard InChI is InChI=1S/C13H26N2O5S/c1-6-10(4)15(8-12(16)17)13(18)11(7-9(2)3)14-21(5,19)20/h9-11,14H,6-8H2,1-5H3,(H,16,17). The summed E-state index contributed by atoms with van der Waals surface area (Å²) in [5.74, 6) is -1.52. The summed E-state index contributed by atoms with van der Waals surface area (Å²) in [6.07, 6.45) is 1.89. The lowest BCUT2D eigenvalue weighted by Gasteiger charge is -2.31. The van der Waals surface area contributed by atoms with Crippen LogP contribution in [0.25, 0.3) is 0 Å². The summed E-state index contributed by atoms with van der Waals surface area (Å²) < 4.78 is 25.1. The molecule has 0 fully saturated rings. The molecule has 0 spiro atoms. The zero-order chi connectivity index (χ0) is 16.8. The maximum atomic E-state index is 12.5. The van der Waals surface area contributed by atoms with Crippen molar-refractivity contribution in [3.8, 4) is 0 Å². The van der Waals surface area contributed by atoms with E-state index in [0.29, 0.717) is 12.8 Å². The highest BCUT2D eigenvalue weighted by Crippen LogP contribution is 2.12. The number of aliphatic carboxylic acids is 1. The number of hydrogen-bond donors (Lipinski definition) is 2. The van der Waals surface area contributed by atoms with Crippen LogP contribution in [-0.2, 0) is 19.6 Å². The number of rotatable bonds is 9. The zero-order valence-corrected chi connectivity index (χ0v) is 14.1. The third kappa shape index (κ3) is 8.01. The van der Waals surface area contributed by atoms with Crippen molar-refractivity contribution in [2.24, 2.45) is 5.92 Å². The fourth-order valence-electron chi connectivity index (χ4n) is 1.95. The van der Waals surface area contributed by atoms with Gasteiger partial charge in [0.15, 0.2) is 0 Å². The minimum atomic E-state index is -3.55. The number of sulfonamides is 1. The Kier molecular flexibility index (Phi) is 7.87. The predicted molar refractivity (Wildman–Crippen MR) is 80.3 cm³/mol. The van der Waals surface area contributed by atoms with Gasteiger partial charge in [0.1, 0.15) is 12.6 Å². The summed E-state index contributed by atoms with van der Waals surface area (Å²) in [6.45, 7) is 6.89. The van der Waals surface area contributed by atoms with Crippen LogP contribution in [0.5, 0.6) is 0 Å². The Morgan fingerprint density at radius 1 is 1.24 bits per heavy atom. The molecule has 0 bridgehead atoms. The summed E-state index contributed by atoms with van der Waals surface area (Å²) in [4.78, 5) is 24.7. The number of carboxylic acids is 1. The van der Waals surface area contributed by atoms with Crippen LogP contribution in [0.2, 0.25) is 0 Å². The Morgan fingerprint density at radius 2 is 1.76 bits per heavy atom. The zero-order valence-electron chi connectivity index (χ0n) is 13.3. The monoisotopic (exact) mass is 322 g/mol. The van der Waals surface area contributed by atoms with Gasteiger partial charge in [0.25, 0.3) is 0 Å². The van der Waals surface area contributed by atoms with Gasteiger partial charge >= 0.3 is 5.97 Å². The first-order chi connectivity index (χ1) is 9.47.